The summed E-state index contributed by atoms with van der Waals surface area (Å²) in [6, 6.07) is 10.6. The fraction of sp³-hybridized carbons (Fsp3) is 0.238. The first-order valence-electron chi connectivity index (χ1n) is 8.65. The third-order valence-electron chi connectivity index (χ3n) is 4.02. The minimum atomic E-state index is -0.530. The number of aliphatic imine (C=N–C) groups is 1. The molecule has 1 heterocycles. The first kappa shape index (κ1) is 19.3. The number of rotatable bonds is 7. The Labute approximate surface area is 163 Å². The molecular weight excluding hydrogens is 362 g/mol. The van der Waals surface area contributed by atoms with Gasteiger partial charge in [-0.05, 0) is 55.0 Å². The molecule has 0 unspecified atom stereocenters. The van der Waals surface area contributed by atoms with E-state index in [1.54, 1.807) is 42.5 Å². The highest BCUT2D eigenvalue weighted by Gasteiger charge is 2.24. The molecule has 1 aliphatic heterocycles. The Morgan fingerprint density at radius 2 is 1.64 bits per heavy atom. The molecule has 0 N–H and O–H groups in total. The molecule has 28 heavy (non-hydrogen) atoms. The molecule has 7 heteroatoms. The van der Waals surface area contributed by atoms with Gasteiger partial charge in [-0.25, -0.2) is 9.79 Å². The first-order chi connectivity index (χ1) is 13.6. The standard InChI is InChI=1S/C21H21NO6/c1-5-27-15-8-6-14(7-9-15)20-22-16(21(23)28-20)10-13-11-17(24-2)19(26-4)18(12-13)25-3/h6-12H,5H2,1-4H3/b16-10+. The second kappa shape index (κ2) is 8.47. The average Bonchev–Trinajstić information content (AvgIpc) is 3.08. The molecular formula is C21H21NO6. The summed E-state index contributed by atoms with van der Waals surface area (Å²) in [7, 11) is 4.58. The van der Waals surface area contributed by atoms with Crippen molar-refractivity contribution in [3.05, 3.63) is 53.2 Å². The molecule has 0 aromatic heterocycles. The number of carbonyl (C=O) groups is 1. The molecule has 2 aromatic carbocycles. The Hall–Kier alpha value is -3.48. The number of cyclic esters (lactones) is 1. The van der Waals surface area contributed by atoms with Crippen LogP contribution in [-0.2, 0) is 9.53 Å². The van der Waals surface area contributed by atoms with E-state index in [1.807, 2.05) is 6.92 Å². The van der Waals surface area contributed by atoms with Crippen molar-refractivity contribution in [1.29, 1.82) is 0 Å². The lowest BCUT2D eigenvalue weighted by molar-refractivity contribution is -0.129. The molecule has 146 valence electrons. The number of ether oxygens (including phenoxy) is 5. The van der Waals surface area contributed by atoms with E-state index in [-0.39, 0.29) is 11.6 Å². The van der Waals surface area contributed by atoms with Gasteiger partial charge >= 0.3 is 5.97 Å². The van der Waals surface area contributed by atoms with E-state index < -0.39 is 5.97 Å². The van der Waals surface area contributed by atoms with E-state index in [0.29, 0.717) is 35.0 Å². The van der Waals surface area contributed by atoms with Crippen LogP contribution in [0.5, 0.6) is 23.0 Å². The number of hydrogen-bond donors (Lipinski definition) is 0. The van der Waals surface area contributed by atoms with Crippen molar-refractivity contribution in [1.82, 2.24) is 0 Å². The molecule has 0 aliphatic carbocycles. The Bertz CT molecular complexity index is 905. The SMILES string of the molecule is CCOc1ccc(C2=N/C(=C/c3cc(OC)c(OC)c(OC)c3)C(=O)O2)cc1. The van der Waals surface area contributed by atoms with Crippen LogP contribution < -0.4 is 18.9 Å². The molecule has 7 nitrogen and oxygen atoms in total. The van der Waals surface area contributed by atoms with E-state index in [0.717, 1.165) is 5.75 Å². The number of hydrogen-bond acceptors (Lipinski definition) is 7. The van der Waals surface area contributed by atoms with Crippen molar-refractivity contribution in [2.75, 3.05) is 27.9 Å². The summed E-state index contributed by atoms with van der Waals surface area (Å²) in [6.45, 7) is 2.49. The summed E-state index contributed by atoms with van der Waals surface area (Å²) in [5.41, 5.74) is 1.53. The van der Waals surface area contributed by atoms with Crippen LogP contribution in [0.4, 0.5) is 0 Å². The van der Waals surface area contributed by atoms with Gasteiger partial charge in [-0.1, -0.05) is 0 Å². The van der Waals surface area contributed by atoms with Gasteiger partial charge in [0.1, 0.15) is 5.75 Å². The second-order valence-corrected chi connectivity index (χ2v) is 5.75. The highest BCUT2D eigenvalue weighted by Crippen LogP contribution is 2.39. The van der Waals surface area contributed by atoms with Crippen LogP contribution >= 0.6 is 0 Å². The van der Waals surface area contributed by atoms with Crippen LogP contribution in [0.1, 0.15) is 18.1 Å². The fourth-order valence-electron chi connectivity index (χ4n) is 2.74. The highest BCUT2D eigenvalue weighted by molar-refractivity contribution is 6.12. The van der Waals surface area contributed by atoms with E-state index >= 15 is 0 Å². The topological polar surface area (TPSA) is 75.6 Å². The smallest absolute Gasteiger partial charge is 0.363 e. The Morgan fingerprint density at radius 3 is 2.18 bits per heavy atom. The van der Waals surface area contributed by atoms with Gasteiger partial charge in [0.15, 0.2) is 17.2 Å². The number of nitrogens with zero attached hydrogens (tertiary/aromatic N) is 1. The summed E-state index contributed by atoms with van der Waals surface area (Å²) in [5.74, 6) is 1.89. The quantitative estimate of drug-likeness (QED) is 0.538. The number of methoxy groups -OCH3 is 3. The first-order valence-corrected chi connectivity index (χ1v) is 8.65. The lowest BCUT2D eigenvalue weighted by atomic mass is 10.1. The predicted molar refractivity (Wildman–Crippen MR) is 104 cm³/mol. The van der Waals surface area contributed by atoms with Crippen LogP contribution in [-0.4, -0.2) is 39.8 Å². The van der Waals surface area contributed by atoms with Crippen molar-refractivity contribution >= 4 is 17.9 Å². The monoisotopic (exact) mass is 383 g/mol. The molecule has 0 atom stereocenters. The zero-order valence-corrected chi connectivity index (χ0v) is 16.1. The molecule has 1 aliphatic rings. The van der Waals surface area contributed by atoms with Gasteiger partial charge in [-0.2, -0.15) is 0 Å². The van der Waals surface area contributed by atoms with E-state index in [1.165, 1.54) is 21.3 Å². The fourth-order valence-corrected chi connectivity index (χ4v) is 2.74. The molecule has 0 amide bonds. The van der Waals surface area contributed by atoms with Gasteiger partial charge in [0.2, 0.25) is 11.6 Å². The average molecular weight is 383 g/mol. The largest absolute Gasteiger partial charge is 0.494 e. The summed E-state index contributed by atoms with van der Waals surface area (Å²) >= 11 is 0. The third kappa shape index (κ3) is 3.93. The van der Waals surface area contributed by atoms with Gasteiger partial charge < -0.3 is 23.7 Å². The van der Waals surface area contributed by atoms with Crippen LogP contribution in [0, 0.1) is 0 Å². The van der Waals surface area contributed by atoms with E-state index in [9.17, 15) is 4.79 Å². The zero-order chi connectivity index (χ0) is 20.1. The molecule has 0 spiro atoms. The third-order valence-corrected chi connectivity index (χ3v) is 4.02. The number of esters is 1. The lowest BCUT2D eigenvalue weighted by Crippen LogP contribution is -2.05. The molecule has 3 rings (SSSR count). The van der Waals surface area contributed by atoms with Crippen LogP contribution in [0.25, 0.3) is 6.08 Å². The van der Waals surface area contributed by atoms with Gasteiger partial charge in [0.05, 0.1) is 27.9 Å². The van der Waals surface area contributed by atoms with Crippen molar-refractivity contribution < 1.29 is 28.5 Å². The maximum absolute atomic E-state index is 12.2. The Morgan fingerprint density at radius 1 is 1.00 bits per heavy atom. The molecule has 0 saturated carbocycles. The van der Waals surface area contributed by atoms with Crippen molar-refractivity contribution in [2.24, 2.45) is 4.99 Å². The Balaban J connectivity index is 1.93. The normalized spacial score (nSPS) is 14.5. The molecule has 0 fully saturated rings. The maximum Gasteiger partial charge on any atom is 0.363 e. The second-order valence-electron chi connectivity index (χ2n) is 5.75. The van der Waals surface area contributed by atoms with Crippen molar-refractivity contribution in [3.63, 3.8) is 0 Å². The van der Waals surface area contributed by atoms with Crippen LogP contribution in [0.15, 0.2) is 47.1 Å². The Kier molecular flexibility index (Phi) is 5.84. The summed E-state index contributed by atoms with van der Waals surface area (Å²) in [6.07, 6.45) is 1.61. The maximum atomic E-state index is 12.2. The van der Waals surface area contributed by atoms with Gasteiger partial charge in [0.25, 0.3) is 0 Å². The van der Waals surface area contributed by atoms with E-state index in [4.69, 9.17) is 23.7 Å². The molecule has 0 radical (unpaired) electrons. The summed E-state index contributed by atoms with van der Waals surface area (Å²) < 4.78 is 26.7. The van der Waals surface area contributed by atoms with Gasteiger partial charge in [-0.15, -0.1) is 0 Å². The minimum absolute atomic E-state index is 0.179. The summed E-state index contributed by atoms with van der Waals surface area (Å²) in [4.78, 5) is 16.6. The molecule has 2 aromatic rings. The van der Waals surface area contributed by atoms with Crippen molar-refractivity contribution in [2.45, 2.75) is 6.92 Å². The van der Waals surface area contributed by atoms with Gasteiger partial charge in [0, 0.05) is 5.56 Å². The number of carbonyl (C=O) groups excluding carboxylic acids is 1. The lowest BCUT2D eigenvalue weighted by Gasteiger charge is -2.12. The predicted octanol–water partition coefficient (Wildman–Crippen LogP) is 3.46. The molecule has 0 bridgehead atoms. The van der Waals surface area contributed by atoms with E-state index in [2.05, 4.69) is 4.99 Å². The van der Waals surface area contributed by atoms with Gasteiger partial charge in [-0.3, -0.25) is 0 Å². The number of benzene rings is 2. The van der Waals surface area contributed by atoms with Crippen LogP contribution in [0.2, 0.25) is 0 Å². The zero-order valence-electron chi connectivity index (χ0n) is 16.1. The highest BCUT2D eigenvalue weighted by atomic mass is 16.6. The van der Waals surface area contributed by atoms with Crippen LogP contribution in [0.3, 0.4) is 0 Å². The minimum Gasteiger partial charge on any atom is -0.494 e. The summed E-state index contributed by atoms with van der Waals surface area (Å²) in [5, 5.41) is 0. The molecule has 0 saturated heterocycles. The van der Waals surface area contributed by atoms with Crippen molar-refractivity contribution in [3.8, 4) is 23.0 Å².